The number of ether oxygens (including phenoxy) is 2. The molecule has 0 unspecified atom stereocenters. The highest BCUT2D eigenvalue weighted by molar-refractivity contribution is 7.98. The second kappa shape index (κ2) is 11.4. The molecule has 7 nitrogen and oxygen atoms in total. The van der Waals surface area contributed by atoms with E-state index in [4.69, 9.17) is 21.1 Å². The van der Waals surface area contributed by atoms with E-state index in [0.717, 1.165) is 33.7 Å². The molecule has 0 radical (unpaired) electrons. The number of pyridine rings is 1. The third kappa shape index (κ3) is 5.70. The largest absolute Gasteiger partial charge is 0.493 e. The van der Waals surface area contributed by atoms with E-state index in [0.29, 0.717) is 23.9 Å². The Morgan fingerprint density at radius 1 is 0.971 bits per heavy atom. The highest BCUT2D eigenvalue weighted by atomic mass is 35.5. The van der Waals surface area contributed by atoms with Gasteiger partial charge in [0.2, 0.25) is 0 Å². The summed E-state index contributed by atoms with van der Waals surface area (Å²) in [6.07, 6.45) is 3.59. The quantitative estimate of drug-likeness (QED) is 0.278. The first-order valence-electron chi connectivity index (χ1n) is 10.7. The summed E-state index contributed by atoms with van der Waals surface area (Å²) in [4.78, 5) is 6.26. The number of para-hydroxylation sites is 1. The lowest BCUT2D eigenvalue weighted by atomic mass is 10.1. The Bertz CT molecular complexity index is 1240. The topological polar surface area (TPSA) is 65.3 Å². The van der Waals surface area contributed by atoms with Crippen LogP contribution in [0.5, 0.6) is 11.5 Å². The number of rotatable bonds is 10. The highest BCUT2D eigenvalue weighted by Crippen LogP contribution is 2.32. The fourth-order valence-corrected chi connectivity index (χ4v) is 4.78. The van der Waals surface area contributed by atoms with Crippen LogP contribution in [0.3, 0.4) is 0 Å². The average Bonchev–Trinajstić information content (AvgIpc) is 3.25. The van der Waals surface area contributed by atoms with Crippen LogP contribution in [0.1, 0.15) is 17.0 Å². The van der Waals surface area contributed by atoms with Crippen molar-refractivity contribution >= 4 is 23.4 Å². The van der Waals surface area contributed by atoms with Crippen molar-refractivity contribution in [3.8, 4) is 17.2 Å². The second-order valence-corrected chi connectivity index (χ2v) is 9.06. The van der Waals surface area contributed by atoms with Crippen molar-refractivity contribution in [2.24, 2.45) is 0 Å². The monoisotopic (exact) mass is 495 g/mol. The van der Waals surface area contributed by atoms with Gasteiger partial charge in [0.15, 0.2) is 22.5 Å². The van der Waals surface area contributed by atoms with Gasteiger partial charge < -0.3 is 9.47 Å². The maximum Gasteiger partial charge on any atom is 0.196 e. The molecule has 0 atom stereocenters. The van der Waals surface area contributed by atoms with Gasteiger partial charge in [-0.25, -0.2) is 0 Å². The lowest BCUT2D eigenvalue weighted by Crippen LogP contribution is -2.20. The summed E-state index contributed by atoms with van der Waals surface area (Å²) in [5.41, 5.74) is 3.13. The molecular formula is C25H26ClN5O2S. The van der Waals surface area contributed by atoms with Gasteiger partial charge in [-0.2, -0.15) is 0 Å². The minimum Gasteiger partial charge on any atom is -0.493 e. The number of hydrogen-bond acceptors (Lipinski definition) is 7. The molecule has 176 valence electrons. The van der Waals surface area contributed by atoms with Gasteiger partial charge in [-0.3, -0.25) is 14.5 Å². The molecular weight excluding hydrogens is 470 g/mol. The molecule has 0 fully saturated rings. The van der Waals surface area contributed by atoms with Crippen LogP contribution in [0.25, 0.3) is 5.69 Å². The summed E-state index contributed by atoms with van der Waals surface area (Å²) in [6, 6.07) is 17.6. The van der Waals surface area contributed by atoms with Gasteiger partial charge in [0.25, 0.3) is 0 Å². The number of halogens is 1. The van der Waals surface area contributed by atoms with Gasteiger partial charge in [0, 0.05) is 35.3 Å². The Kier molecular flexibility index (Phi) is 8.05. The normalized spacial score (nSPS) is 11.1. The van der Waals surface area contributed by atoms with Crippen molar-refractivity contribution in [1.82, 2.24) is 24.6 Å². The van der Waals surface area contributed by atoms with E-state index in [2.05, 4.69) is 24.6 Å². The van der Waals surface area contributed by atoms with Crippen LogP contribution in [0, 0.1) is 0 Å². The summed E-state index contributed by atoms with van der Waals surface area (Å²) in [7, 11) is 5.34. The molecule has 0 aliphatic rings. The molecule has 0 spiro atoms. The molecule has 9 heteroatoms. The summed E-state index contributed by atoms with van der Waals surface area (Å²) in [6.45, 7) is 1.23. The number of aromatic nitrogens is 4. The fraction of sp³-hybridized carbons (Fsp3) is 0.240. The Labute approximate surface area is 208 Å². The van der Waals surface area contributed by atoms with Gasteiger partial charge in [0.1, 0.15) is 0 Å². The summed E-state index contributed by atoms with van der Waals surface area (Å²) in [5, 5.41) is 10.5. The van der Waals surface area contributed by atoms with Crippen LogP contribution in [0.2, 0.25) is 5.02 Å². The zero-order valence-electron chi connectivity index (χ0n) is 19.3. The molecule has 2 aromatic heterocycles. The molecule has 34 heavy (non-hydrogen) atoms. The number of thioether (sulfide) groups is 1. The first kappa shape index (κ1) is 24.1. The fourth-order valence-electron chi connectivity index (χ4n) is 3.66. The minimum absolute atomic E-state index is 0.579. The molecule has 2 aromatic carbocycles. The third-order valence-electron chi connectivity index (χ3n) is 5.22. The molecule has 0 saturated carbocycles. The van der Waals surface area contributed by atoms with E-state index in [9.17, 15) is 0 Å². The predicted octanol–water partition coefficient (Wildman–Crippen LogP) is 5.26. The molecule has 4 rings (SSSR count). The molecule has 0 saturated heterocycles. The van der Waals surface area contributed by atoms with Gasteiger partial charge in [-0.15, -0.1) is 10.2 Å². The van der Waals surface area contributed by atoms with Crippen LogP contribution in [0.4, 0.5) is 0 Å². The average molecular weight is 496 g/mol. The summed E-state index contributed by atoms with van der Waals surface area (Å²) in [5.74, 6) is 3.04. The Morgan fingerprint density at radius 2 is 1.76 bits per heavy atom. The highest BCUT2D eigenvalue weighted by Gasteiger charge is 2.18. The number of methoxy groups -OCH3 is 2. The zero-order chi connectivity index (χ0) is 23.9. The van der Waals surface area contributed by atoms with E-state index in [1.165, 1.54) is 5.56 Å². The van der Waals surface area contributed by atoms with E-state index in [1.807, 2.05) is 61.6 Å². The van der Waals surface area contributed by atoms with E-state index in [-0.39, 0.29) is 0 Å². The maximum atomic E-state index is 6.31. The smallest absolute Gasteiger partial charge is 0.196 e. The van der Waals surface area contributed by atoms with Crippen LogP contribution >= 0.6 is 23.4 Å². The molecule has 0 bridgehead atoms. The summed E-state index contributed by atoms with van der Waals surface area (Å²) >= 11 is 7.94. The Hall–Kier alpha value is -3.07. The van der Waals surface area contributed by atoms with Crippen molar-refractivity contribution in [2.45, 2.75) is 24.0 Å². The number of benzene rings is 2. The lowest BCUT2D eigenvalue weighted by Gasteiger charge is -2.20. The third-order valence-corrected chi connectivity index (χ3v) is 6.46. The van der Waals surface area contributed by atoms with Gasteiger partial charge in [-0.1, -0.05) is 41.6 Å². The van der Waals surface area contributed by atoms with Crippen molar-refractivity contribution in [3.63, 3.8) is 0 Å². The molecule has 0 aliphatic heterocycles. The number of nitrogens with zero attached hydrogens (tertiary/aromatic N) is 5. The van der Waals surface area contributed by atoms with Gasteiger partial charge >= 0.3 is 0 Å². The molecule has 0 amide bonds. The first-order chi connectivity index (χ1) is 16.6. The maximum absolute atomic E-state index is 6.31. The van der Waals surface area contributed by atoms with Gasteiger partial charge in [0.05, 0.1) is 26.5 Å². The van der Waals surface area contributed by atoms with Crippen molar-refractivity contribution in [3.05, 3.63) is 89.0 Å². The minimum atomic E-state index is 0.579. The van der Waals surface area contributed by atoms with Crippen LogP contribution in [-0.2, 0) is 18.8 Å². The van der Waals surface area contributed by atoms with Crippen molar-refractivity contribution in [1.29, 1.82) is 0 Å². The Morgan fingerprint density at radius 3 is 2.50 bits per heavy atom. The van der Waals surface area contributed by atoms with Crippen LogP contribution in [-0.4, -0.2) is 45.9 Å². The van der Waals surface area contributed by atoms with Gasteiger partial charge in [-0.05, 0) is 49.0 Å². The number of hydrogen-bond donors (Lipinski definition) is 0. The van der Waals surface area contributed by atoms with Crippen LogP contribution < -0.4 is 9.47 Å². The molecule has 0 N–H and O–H groups in total. The van der Waals surface area contributed by atoms with Crippen molar-refractivity contribution < 1.29 is 9.47 Å². The summed E-state index contributed by atoms with van der Waals surface area (Å²) < 4.78 is 13.1. The molecule has 2 heterocycles. The van der Waals surface area contributed by atoms with E-state index < -0.39 is 0 Å². The zero-order valence-corrected chi connectivity index (χ0v) is 20.9. The second-order valence-electron chi connectivity index (χ2n) is 7.68. The first-order valence-corrected chi connectivity index (χ1v) is 12.1. The molecule has 0 aliphatic carbocycles. The van der Waals surface area contributed by atoms with Crippen LogP contribution in [0.15, 0.2) is 72.1 Å². The van der Waals surface area contributed by atoms with E-state index in [1.54, 1.807) is 38.4 Å². The van der Waals surface area contributed by atoms with E-state index >= 15 is 0 Å². The SMILES string of the molecule is COc1cccc(CN(C)Cc2nnc(SCc3ccncc3)n2-c2cccc(Cl)c2)c1OC. The predicted molar refractivity (Wildman–Crippen MR) is 135 cm³/mol. The molecule has 4 aromatic rings. The lowest BCUT2D eigenvalue weighted by molar-refractivity contribution is 0.295. The standard InChI is InChI=1S/C25H26ClN5O2S/c1-30(15-19-6-4-9-22(32-2)24(19)33-3)16-23-28-29-25(34-17-18-10-12-27-13-11-18)31(23)21-8-5-7-20(26)14-21/h4-14H,15-17H2,1-3H3. The van der Waals surface area contributed by atoms with Crippen molar-refractivity contribution in [2.75, 3.05) is 21.3 Å². The Balaban J connectivity index is 1.59.